The highest BCUT2D eigenvalue weighted by Gasteiger charge is 2.41. The topological polar surface area (TPSA) is 29.9 Å². The Morgan fingerprint density at radius 3 is 2.18 bits per heavy atom. The van der Waals surface area contributed by atoms with E-state index in [4.69, 9.17) is 4.42 Å². The van der Waals surface area contributed by atoms with Gasteiger partial charge in [0.15, 0.2) is 17.4 Å². The Labute approximate surface area is 229 Å². The van der Waals surface area contributed by atoms with Crippen LogP contribution >= 0.6 is 0 Å². The van der Waals surface area contributed by atoms with Crippen LogP contribution in [0, 0.1) is 6.92 Å². The van der Waals surface area contributed by atoms with Crippen molar-refractivity contribution < 1.29 is 8.98 Å². The summed E-state index contributed by atoms with van der Waals surface area (Å²) in [5.74, 6) is 0. The van der Waals surface area contributed by atoms with Crippen LogP contribution in [0.3, 0.4) is 0 Å². The minimum Gasteiger partial charge on any atom is -0.453 e. The molecule has 192 valence electrons. The van der Waals surface area contributed by atoms with Crippen molar-refractivity contribution in [2.45, 2.75) is 45.4 Å². The van der Waals surface area contributed by atoms with Crippen molar-refractivity contribution in [1.29, 1.82) is 0 Å². The van der Waals surface area contributed by atoms with E-state index in [1.54, 1.807) is 0 Å². The molecule has 0 spiro atoms. The second-order valence-electron chi connectivity index (χ2n) is 12.1. The lowest BCUT2D eigenvalue weighted by molar-refractivity contribution is -0.660. The molecular weight excluding hydrogens is 476 g/mol. The average molecular weight is 510 g/mol. The van der Waals surface area contributed by atoms with Gasteiger partial charge in [-0.1, -0.05) is 70.2 Å². The van der Waals surface area contributed by atoms with E-state index in [0.29, 0.717) is 0 Å². The molecule has 0 radical (unpaired) electrons. The van der Waals surface area contributed by atoms with Gasteiger partial charge in [0, 0.05) is 34.5 Å². The van der Waals surface area contributed by atoms with Gasteiger partial charge < -0.3 is 4.42 Å². The molecule has 3 heteroatoms. The molecule has 3 aromatic heterocycles. The van der Waals surface area contributed by atoms with Gasteiger partial charge in [0.25, 0.3) is 0 Å². The van der Waals surface area contributed by atoms with Gasteiger partial charge in [0.05, 0.1) is 5.56 Å². The third-order valence-electron chi connectivity index (χ3n) is 8.98. The molecule has 0 N–H and O–H groups in total. The number of furan rings is 1. The Bertz CT molecular complexity index is 1940. The molecule has 3 heterocycles. The second-order valence-corrected chi connectivity index (χ2v) is 12.1. The number of hydrogen-bond donors (Lipinski definition) is 0. The lowest BCUT2D eigenvalue weighted by Gasteiger charge is -2.44. The third kappa shape index (κ3) is 3.35. The van der Waals surface area contributed by atoms with Crippen molar-refractivity contribution in [3.63, 3.8) is 0 Å². The van der Waals surface area contributed by atoms with E-state index in [9.17, 15) is 0 Å². The van der Waals surface area contributed by atoms with Crippen LogP contribution in [0.25, 0.3) is 44.5 Å². The predicted molar refractivity (Wildman–Crippen MR) is 159 cm³/mol. The van der Waals surface area contributed by atoms with Gasteiger partial charge in [0.2, 0.25) is 5.69 Å². The van der Waals surface area contributed by atoms with Gasteiger partial charge in [0.1, 0.15) is 12.6 Å². The highest BCUT2D eigenvalue weighted by Crippen LogP contribution is 2.50. The fraction of sp³-hybridized carbons (Fsp3) is 0.222. The summed E-state index contributed by atoms with van der Waals surface area (Å²) in [5.41, 5.74) is 14.0. The fourth-order valence-electron chi connectivity index (χ4n) is 6.72. The standard InChI is InChI=1S/C36H33N2O/c1-22-13-15-25-33-31(12-9-18-37-33)39-34(25)32(22)30-21-24(17-19-38(30)6)23-14-16-28-29(20-23)36(4,5)27-11-8-7-10-26(27)35(28,2)3/h7-21H,1-6H3/q+1. The summed E-state index contributed by atoms with van der Waals surface area (Å²) >= 11 is 0. The summed E-state index contributed by atoms with van der Waals surface area (Å²) in [7, 11) is 2.10. The van der Waals surface area contributed by atoms with Gasteiger partial charge in [-0.15, -0.1) is 0 Å². The van der Waals surface area contributed by atoms with Crippen molar-refractivity contribution in [2.24, 2.45) is 7.05 Å². The van der Waals surface area contributed by atoms with Gasteiger partial charge in [-0.25, -0.2) is 4.57 Å². The van der Waals surface area contributed by atoms with Crippen LogP contribution in [0.5, 0.6) is 0 Å². The maximum absolute atomic E-state index is 6.40. The normalized spacial score (nSPS) is 15.3. The molecule has 0 atom stereocenters. The molecule has 0 saturated carbocycles. The SMILES string of the molecule is Cc1ccc2c(oc3cccnc32)c1-c1cc(-c2ccc3c(c2)C(C)(C)c2ccccc2C3(C)C)cc[n+]1C. The monoisotopic (exact) mass is 509 g/mol. The molecular formula is C36H33N2O+. The van der Waals surface area contributed by atoms with Crippen LogP contribution < -0.4 is 4.57 Å². The second kappa shape index (κ2) is 8.13. The number of pyridine rings is 2. The van der Waals surface area contributed by atoms with Crippen LogP contribution in [0.4, 0.5) is 0 Å². The summed E-state index contributed by atoms with van der Waals surface area (Å²) in [5, 5.41) is 1.05. The summed E-state index contributed by atoms with van der Waals surface area (Å²) < 4.78 is 8.59. The van der Waals surface area contributed by atoms with Crippen LogP contribution in [0.2, 0.25) is 0 Å². The van der Waals surface area contributed by atoms with Crippen molar-refractivity contribution in [3.8, 4) is 22.4 Å². The fourth-order valence-corrected chi connectivity index (χ4v) is 6.72. The van der Waals surface area contributed by atoms with E-state index in [0.717, 1.165) is 33.3 Å². The van der Waals surface area contributed by atoms with E-state index < -0.39 is 0 Å². The Morgan fingerprint density at radius 1 is 0.718 bits per heavy atom. The van der Waals surface area contributed by atoms with Gasteiger partial charge in [-0.3, -0.25) is 4.98 Å². The molecule has 6 aromatic rings. The molecule has 0 bridgehead atoms. The van der Waals surface area contributed by atoms with E-state index in [1.165, 1.54) is 38.9 Å². The number of nitrogens with zero attached hydrogens (tertiary/aromatic N) is 2. The molecule has 0 fully saturated rings. The van der Waals surface area contributed by atoms with Gasteiger partial charge in [-0.05, 0) is 70.1 Å². The van der Waals surface area contributed by atoms with E-state index in [-0.39, 0.29) is 10.8 Å². The van der Waals surface area contributed by atoms with Gasteiger partial charge >= 0.3 is 0 Å². The molecule has 3 aromatic carbocycles. The molecule has 7 rings (SSSR count). The van der Waals surface area contributed by atoms with Crippen LogP contribution in [-0.4, -0.2) is 4.98 Å². The average Bonchev–Trinajstić information content (AvgIpc) is 3.31. The minimum atomic E-state index is -0.0802. The largest absolute Gasteiger partial charge is 0.453 e. The number of aromatic nitrogens is 2. The highest BCUT2D eigenvalue weighted by atomic mass is 16.3. The first-order chi connectivity index (χ1) is 18.7. The molecule has 0 saturated heterocycles. The van der Waals surface area contributed by atoms with E-state index in [1.807, 2.05) is 18.3 Å². The molecule has 0 amide bonds. The van der Waals surface area contributed by atoms with Crippen molar-refractivity contribution in [1.82, 2.24) is 4.98 Å². The van der Waals surface area contributed by atoms with E-state index >= 15 is 0 Å². The number of aryl methyl sites for hydroxylation is 2. The van der Waals surface area contributed by atoms with Crippen molar-refractivity contribution in [3.05, 3.63) is 119 Å². The van der Waals surface area contributed by atoms with Crippen LogP contribution in [0.1, 0.15) is 55.5 Å². The number of benzene rings is 3. The molecule has 0 aliphatic heterocycles. The first kappa shape index (κ1) is 23.8. The van der Waals surface area contributed by atoms with Crippen LogP contribution in [-0.2, 0) is 17.9 Å². The van der Waals surface area contributed by atoms with Crippen LogP contribution in [0.15, 0.2) is 95.7 Å². The lowest BCUT2D eigenvalue weighted by Crippen LogP contribution is -2.36. The summed E-state index contributed by atoms with van der Waals surface area (Å²) in [6.45, 7) is 11.6. The highest BCUT2D eigenvalue weighted by molar-refractivity contribution is 6.07. The Morgan fingerprint density at radius 2 is 1.41 bits per heavy atom. The zero-order chi connectivity index (χ0) is 27.1. The zero-order valence-electron chi connectivity index (χ0n) is 23.5. The molecule has 39 heavy (non-hydrogen) atoms. The summed E-state index contributed by atoms with van der Waals surface area (Å²) in [4.78, 5) is 4.60. The first-order valence-corrected chi connectivity index (χ1v) is 13.7. The first-order valence-electron chi connectivity index (χ1n) is 13.7. The molecule has 1 aliphatic rings. The number of fused-ring (bicyclic) bond motifs is 5. The zero-order valence-corrected chi connectivity index (χ0v) is 23.5. The lowest BCUT2D eigenvalue weighted by atomic mass is 9.60. The molecule has 3 nitrogen and oxygen atoms in total. The Kier molecular flexibility index (Phi) is 4.97. The molecule has 0 unspecified atom stereocenters. The summed E-state index contributed by atoms with van der Waals surface area (Å²) in [6, 6.07) is 28.8. The number of hydrogen-bond acceptors (Lipinski definition) is 2. The minimum absolute atomic E-state index is 0.0453. The number of rotatable bonds is 2. The maximum atomic E-state index is 6.40. The van der Waals surface area contributed by atoms with Crippen molar-refractivity contribution >= 4 is 22.1 Å². The maximum Gasteiger partial charge on any atom is 0.216 e. The van der Waals surface area contributed by atoms with Gasteiger partial charge in [-0.2, -0.15) is 0 Å². The molecule has 1 aliphatic carbocycles. The summed E-state index contributed by atoms with van der Waals surface area (Å²) in [6.07, 6.45) is 3.99. The predicted octanol–water partition coefficient (Wildman–Crippen LogP) is 8.41. The van der Waals surface area contributed by atoms with E-state index in [2.05, 4.69) is 124 Å². The quantitative estimate of drug-likeness (QED) is 0.219. The third-order valence-corrected chi connectivity index (χ3v) is 8.98. The van der Waals surface area contributed by atoms with Crippen molar-refractivity contribution in [2.75, 3.05) is 0 Å². The Balaban J connectivity index is 1.42. The Hall–Kier alpha value is -4.24. The smallest absolute Gasteiger partial charge is 0.216 e.